The number of aliphatic hydroxyl groups excluding tert-OH is 1. The number of allylic oxidation sites excluding steroid dienone is 2. The van der Waals surface area contributed by atoms with Gasteiger partial charge >= 0.3 is 6.18 Å². The van der Waals surface area contributed by atoms with Crippen LogP contribution in [0.25, 0.3) is 11.1 Å². The third-order valence-electron chi connectivity index (χ3n) is 3.64. The van der Waals surface area contributed by atoms with Crippen molar-refractivity contribution in [2.24, 2.45) is 0 Å². The highest BCUT2D eigenvalue weighted by atomic mass is 19.4. The third kappa shape index (κ3) is 2.89. The summed E-state index contributed by atoms with van der Waals surface area (Å²) in [6.07, 6.45) is -5.37. The van der Waals surface area contributed by atoms with Gasteiger partial charge in [-0.3, -0.25) is 0 Å². The summed E-state index contributed by atoms with van der Waals surface area (Å²) in [6, 6.07) is 4.04. The lowest BCUT2D eigenvalue weighted by atomic mass is 9.81. The molecule has 0 radical (unpaired) electrons. The molecule has 5 heteroatoms. The first kappa shape index (κ1) is 15.8. The second-order valence-corrected chi connectivity index (χ2v) is 4.96. The first-order valence-electron chi connectivity index (χ1n) is 6.65. The van der Waals surface area contributed by atoms with E-state index in [1.54, 1.807) is 19.9 Å². The molecule has 1 aromatic rings. The summed E-state index contributed by atoms with van der Waals surface area (Å²) < 4.78 is 44.5. The van der Waals surface area contributed by atoms with Gasteiger partial charge in [-0.1, -0.05) is 18.7 Å². The zero-order chi connectivity index (χ0) is 15.8. The van der Waals surface area contributed by atoms with Crippen LogP contribution in [0.4, 0.5) is 13.2 Å². The predicted molar refractivity (Wildman–Crippen MR) is 75.3 cm³/mol. The van der Waals surface area contributed by atoms with E-state index in [2.05, 4.69) is 6.58 Å². The molecular formula is C16H17F3O2. The number of hydrogen-bond donors (Lipinski definition) is 1. The molecule has 21 heavy (non-hydrogen) atoms. The smallest absolute Gasteiger partial charge is 0.364 e. The largest absolute Gasteiger partial charge is 0.417 e. The minimum Gasteiger partial charge on any atom is -0.364 e. The molecule has 0 spiro atoms. The number of rotatable bonds is 3. The molecule has 0 bridgehead atoms. The van der Waals surface area contributed by atoms with E-state index < -0.39 is 18.0 Å². The Kier molecular flexibility index (Phi) is 4.25. The van der Waals surface area contributed by atoms with Crippen molar-refractivity contribution in [3.05, 3.63) is 47.0 Å². The molecule has 1 aliphatic carbocycles. The fourth-order valence-electron chi connectivity index (χ4n) is 2.64. The minimum atomic E-state index is -4.43. The standard InChI is InChI=1S/C16H17F3O2/c1-4-21-15(20)12-8-9(2)14-11(10(12)3)6-5-7-13(14)16(17,18)19/h5-7,15,20H,2,4,8H2,1,3H3. The molecule has 114 valence electrons. The van der Waals surface area contributed by atoms with Crippen molar-refractivity contribution < 1.29 is 23.0 Å². The Morgan fingerprint density at radius 1 is 1.38 bits per heavy atom. The molecule has 1 aliphatic rings. The van der Waals surface area contributed by atoms with Crippen LogP contribution < -0.4 is 0 Å². The SMILES string of the molecule is C=C1CC(C(O)OCC)=C(C)c2cccc(C(F)(F)F)c21. The predicted octanol–water partition coefficient (Wildman–Crippen LogP) is 4.25. The number of halogens is 3. The Morgan fingerprint density at radius 2 is 2.05 bits per heavy atom. The monoisotopic (exact) mass is 298 g/mol. The summed E-state index contributed by atoms with van der Waals surface area (Å²) in [5.41, 5.74) is 1.41. The Hall–Kier alpha value is -1.59. The summed E-state index contributed by atoms with van der Waals surface area (Å²) >= 11 is 0. The summed E-state index contributed by atoms with van der Waals surface area (Å²) in [6.45, 7) is 7.52. The van der Waals surface area contributed by atoms with Crippen molar-refractivity contribution in [2.75, 3.05) is 6.61 Å². The Morgan fingerprint density at radius 3 is 2.62 bits per heavy atom. The Bertz CT molecular complexity index is 600. The molecule has 0 heterocycles. The summed E-state index contributed by atoms with van der Waals surface area (Å²) in [4.78, 5) is 0. The van der Waals surface area contributed by atoms with Crippen LogP contribution in [0, 0.1) is 0 Å². The van der Waals surface area contributed by atoms with E-state index in [1.165, 1.54) is 6.07 Å². The second-order valence-electron chi connectivity index (χ2n) is 4.96. The molecule has 1 unspecified atom stereocenters. The van der Waals surface area contributed by atoms with Gasteiger partial charge in [-0.15, -0.1) is 0 Å². The van der Waals surface area contributed by atoms with Gasteiger partial charge in [0.05, 0.1) is 5.56 Å². The highest BCUT2D eigenvalue weighted by molar-refractivity contribution is 5.87. The van der Waals surface area contributed by atoms with Gasteiger partial charge < -0.3 is 9.84 Å². The highest BCUT2D eigenvalue weighted by Crippen LogP contribution is 2.44. The van der Waals surface area contributed by atoms with E-state index >= 15 is 0 Å². The normalized spacial score (nSPS) is 17.0. The van der Waals surface area contributed by atoms with Gasteiger partial charge in [0, 0.05) is 6.61 Å². The first-order valence-corrected chi connectivity index (χ1v) is 6.65. The second kappa shape index (κ2) is 5.66. The van der Waals surface area contributed by atoms with E-state index in [-0.39, 0.29) is 12.0 Å². The van der Waals surface area contributed by atoms with Crippen LogP contribution in [0.2, 0.25) is 0 Å². The number of benzene rings is 1. The lowest BCUT2D eigenvalue weighted by Gasteiger charge is -2.28. The fraction of sp³-hybridized carbons (Fsp3) is 0.375. The number of hydrogen-bond acceptors (Lipinski definition) is 2. The molecule has 0 saturated carbocycles. The van der Waals surface area contributed by atoms with Gasteiger partial charge in [-0.2, -0.15) is 13.2 Å². The molecule has 2 nitrogen and oxygen atoms in total. The van der Waals surface area contributed by atoms with Gasteiger partial charge in [0.2, 0.25) is 0 Å². The topological polar surface area (TPSA) is 29.5 Å². The Balaban J connectivity index is 2.61. The summed E-state index contributed by atoms with van der Waals surface area (Å²) in [7, 11) is 0. The lowest BCUT2D eigenvalue weighted by molar-refractivity contribution is -0.137. The Labute approximate surface area is 121 Å². The van der Waals surface area contributed by atoms with Gasteiger partial charge in [0.1, 0.15) is 0 Å². The van der Waals surface area contributed by atoms with Gasteiger partial charge in [0.15, 0.2) is 6.29 Å². The maximum absolute atomic E-state index is 13.1. The zero-order valence-corrected chi connectivity index (χ0v) is 11.9. The molecule has 1 aromatic carbocycles. The molecule has 1 atom stereocenters. The summed E-state index contributed by atoms with van der Waals surface area (Å²) in [5.74, 6) is 0. The number of alkyl halides is 3. The zero-order valence-electron chi connectivity index (χ0n) is 11.9. The third-order valence-corrected chi connectivity index (χ3v) is 3.64. The quantitative estimate of drug-likeness (QED) is 0.845. The molecule has 1 N–H and O–H groups in total. The van der Waals surface area contributed by atoms with Crippen molar-refractivity contribution in [3.63, 3.8) is 0 Å². The fourth-order valence-corrected chi connectivity index (χ4v) is 2.64. The van der Waals surface area contributed by atoms with Crippen molar-refractivity contribution in [1.29, 1.82) is 0 Å². The molecule has 0 amide bonds. The van der Waals surface area contributed by atoms with Crippen LogP contribution >= 0.6 is 0 Å². The number of aliphatic hydroxyl groups is 1. The molecule has 2 rings (SSSR count). The highest BCUT2D eigenvalue weighted by Gasteiger charge is 2.37. The van der Waals surface area contributed by atoms with Gasteiger partial charge in [-0.05, 0) is 54.2 Å². The molecule has 0 aromatic heterocycles. The van der Waals surface area contributed by atoms with Crippen molar-refractivity contribution in [1.82, 2.24) is 0 Å². The number of ether oxygens (including phenoxy) is 1. The van der Waals surface area contributed by atoms with E-state index in [9.17, 15) is 18.3 Å². The molecule has 0 saturated heterocycles. The maximum atomic E-state index is 13.1. The van der Waals surface area contributed by atoms with Crippen LogP contribution in [0.3, 0.4) is 0 Å². The maximum Gasteiger partial charge on any atom is 0.417 e. The summed E-state index contributed by atoms with van der Waals surface area (Å²) in [5, 5.41) is 9.97. The average molecular weight is 298 g/mol. The van der Waals surface area contributed by atoms with Crippen LogP contribution in [0.15, 0.2) is 30.4 Å². The molecule has 0 aliphatic heterocycles. The van der Waals surface area contributed by atoms with Gasteiger partial charge in [-0.25, -0.2) is 0 Å². The lowest BCUT2D eigenvalue weighted by Crippen LogP contribution is -2.20. The van der Waals surface area contributed by atoms with E-state index in [0.717, 1.165) is 6.07 Å². The van der Waals surface area contributed by atoms with Crippen LogP contribution in [-0.2, 0) is 10.9 Å². The minimum absolute atomic E-state index is 0.120. The van der Waals surface area contributed by atoms with Gasteiger partial charge in [0.25, 0.3) is 0 Å². The molecule has 0 fully saturated rings. The van der Waals surface area contributed by atoms with Crippen LogP contribution in [-0.4, -0.2) is 18.0 Å². The van der Waals surface area contributed by atoms with E-state index in [0.29, 0.717) is 28.9 Å². The van der Waals surface area contributed by atoms with E-state index in [1.807, 2.05) is 0 Å². The molecular weight excluding hydrogens is 281 g/mol. The van der Waals surface area contributed by atoms with Crippen molar-refractivity contribution >= 4 is 11.1 Å². The average Bonchev–Trinajstić information content (AvgIpc) is 2.41. The van der Waals surface area contributed by atoms with Crippen molar-refractivity contribution in [2.45, 2.75) is 32.7 Å². The van der Waals surface area contributed by atoms with E-state index in [4.69, 9.17) is 4.74 Å². The van der Waals surface area contributed by atoms with Crippen LogP contribution in [0.1, 0.15) is 37.0 Å². The van der Waals surface area contributed by atoms with Crippen LogP contribution in [0.5, 0.6) is 0 Å². The van der Waals surface area contributed by atoms with Crippen molar-refractivity contribution in [3.8, 4) is 0 Å². The number of fused-ring (bicyclic) bond motifs is 1. The first-order chi connectivity index (χ1) is 9.77.